The summed E-state index contributed by atoms with van der Waals surface area (Å²) in [7, 11) is 0. The van der Waals surface area contributed by atoms with E-state index in [0.29, 0.717) is 5.41 Å². The highest BCUT2D eigenvalue weighted by Gasteiger charge is 2.23. The first kappa shape index (κ1) is 13.0. The first-order valence-electron chi connectivity index (χ1n) is 5.81. The van der Waals surface area contributed by atoms with Crippen molar-refractivity contribution in [1.82, 2.24) is 0 Å². The smallest absolute Gasteiger partial charge is 0.00746 e. The van der Waals surface area contributed by atoms with Gasteiger partial charge in [-0.15, -0.1) is 0 Å². The van der Waals surface area contributed by atoms with E-state index in [1.165, 1.54) is 32.1 Å². The SMILES string of the molecule is CCC(CCN)CC(C)(CC)CC. The summed E-state index contributed by atoms with van der Waals surface area (Å²) >= 11 is 0. The predicted octanol–water partition coefficient (Wildman–Crippen LogP) is 3.58. The zero-order valence-corrected chi connectivity index (χ0v) is 9.90. The van der Waals surface area contributed by atoms with E-state index >= 15 is 0 Å². The fraction of sp³-hybridized carbons (Fsp3) is 1.00. The minimum Gasteiger partial charge on any atom is -0.330 e. The monoisotopic (exact) mass is 185 g/mol. The number of rotatable bonds is 7. The van der Waals surface area contributed by atoms with Gasteiger partial charge < -0.3 is 5.73 Å². The van der Waals surface area contributed by atoms with Gasteiger partial charge in [-0.1, -0.05) is 47.0 Å². The first-order chi connectivity index (χ1) is 6.11. The third kappa shape index (κ3) is 4.66. The molecule has 1 atom stereocenters. The summed E-state index contributed by atoms with van der Waals surface area (Å²) in [6, 6.07) is 0. The topological polar surface area (TPSA) is 26.0 Å². The van der Waals surface area contributed by atoms with Crippen LogP contribution in [0.2, 0.25) is 0 Å². The summed E-state index contributed by atoms with van der Waals surface area (Å²) in [6.45, 7) is 10.2. The molecule has 0 fully saturated rings. The van der Waals surface area contributed by atoms with Crippen LogP contribution in [0.15, 0.2) is 0 Å². The van der Waals surface area contributed by atoms with Crippen molar-refractivity contribution < 1.29 is 0 Å². The van der Waals surface area contributed by atoms with E-state index in [2.05, 4.69) is 27.7 Å². The Balaban J connectivity index is 4.02. The van der Waals surface area contributed by atoms with Gasteiger partial charge >= 0.3 is 0 Å². The fourth-order valence-corrected chi connectivity index (χ4v) is 1.92. The Labute approximate surface area is 84.1 Å². The van der Waals surface area contributed by atoms with Crippen molar-refractivity contribution in [2.45, 2.75) is 59.8 Å². The third-order valence-electron chi connectivity index (χ3n) is 3.64. The van der Waals surface area contributed by atoms with E-state index < -0.39 is 0 Å². The molecular weight excluding hydrogens is 158 g/mol. The van der Waals surface area contributed by atoms with Crippen LogP contribution < -0.4 is 5.73 Å². The molecule has 0 rings (SSSR count). The zero-order valence-electron chi connectivity index (χ0n) is 9.90. The first-order valence-corrected chi connectivity index (χ1v) is 5.81. The molecule has 0 aromatic heterocycles. The van der Waals surface area contributed by atoms with Gasteiger partial charge in [0, 0.05) is 0 Å². The van der Waals surface area contributed by atoms with Gasteiger partial charge in [-0.25, -0.2) is 0 Å². The lowest BCUT2D eigenvalue weighted by atomic mass is 9.75. The highest BCUT2D eigenvalue weighted by molar-refractivity contribution is 4.75. The quantitative estimate of drug-likeness (QED) is 0.644. The van der Waals surface area contributed by atoms with E-state index in [1.807, 2.05) is 0 Å². The molecule has 0 aliphatic heterocycles. The van der Waals surface area contributed by atoms with Gasteiger partial charge in [0.05, 0.1) is 0 Å². The lowest BCUT2D eigenvalue weighted by molar-refractivity contribution is 0.211. The van der Waals surface area contributed by atoms with Crippen LogP contribution in [0.1, 0.15) is 59.8 Å². The normalized spacial score (nSPS) is 14.5. The molecule has 1 heteroatoms. The van der Waals surface area contributed by atoms with Gasteiger partial charge in [0.25, 0.3) is 0 Å². The average molecular weight is 185 g/mol. The second-order valence-electron chi connectivity index (χ2n) is 4.57. The van der Waals surface area contributed by atoms with Crippen LogP contribution >= 0.6 is 0 Å². The fourth-order valence-electron chi connectivity index (χ4n) is 1.92. The summed E-state index contributed by atoms with van der Waals surface area (Å²) in [5.41, 5.74) is 6.16. The Hall–Kier alpha value is -0.0400. The maximum atomic E-state index is 5.61. The van der Waals surface area contributed by atoms with Crippen LogP contribution in [-0.2, 0) is 0 Å². The molecule has 0 spiro atoms. The molecule has 1 nitrogen and oxygen atoms in total. The van der Waals surface area contributed by atoms with Crippen molar-refractivity contribution in [2.24, 2.45) is 17.1 Å². The molecule has 0 aromatic rings. The van der Waals surface area contributed by atoms with Crippen molar-refractivity contribution >= 4 is 0 Å². The molecule has 0 aliphatic carbocycles. The number of nitrogens with two attached hydrogens (primary N) is 1. The van der Waals surface area contributed by atoms with Gasteiger partial charge in [0.15, 0.2) is 0 Å². The van der Waals surface area contributed by atoms with E-state index in [4.69, 9.17) is 5.73 Å². The van der Waals surface area contributed by atoms with Crippen molar-refractivity contribution in [3.63, 3.8) is 0 Å². The minimum absolute atomic E-state index is 0.551. The highest BCUT2D eigenvalue weighted by atomic mass is 14.5. The van der Waals surface area contributed by atoms with Crippen molar-refractivity contribution in [1.29, 1.82) is 0 Å². The van der Waals surface area contributed by atoms with Gasteiger partial charge in [-0.2, -0.15) is 0 Å². The van der Waals surface area contributed by atoms with Crippen molar-refractivity contribution in [3.05, 3.63) is 0 Å². The van der Waals surface area contributed by atoms with Gasteiger partial charge in [0.2, 0.25) is 0 Å². The van der Waals surface area contributed by atoms with E-state index in [1.54, 1.807) is 0 Å². The van der Waals surface area contributed by atoms with Gasteiger partial charge in [0.1, 0.15) is 0 Å². The second-order valence-corrected chi connectivity index (χ2v) is 4.57. The molecule has 0 radical (unpaired) electrons. The van der Waals surface area contributed by atoms with Crippen LogP contribution in [0, 0.1) is 11.3 Å². The molecule has 0 saturated heterocycles. The summed E-state index contributed by atoms with van der Waals surface area (Å²) in [6.07, 6.45) is 6.43. The van der Waals surface area contributed by atoms with Gasteiger partial charge in [-0.05, 0) is 30.7 Å². The van der Waals surface area contributed by atoms with Gasteiger partial charge in [-0.3, -0.25) is 0 Å². The molecule has 2 N–H and O–H groups in total. The minimum atomic E-state index is 0.551. The Kier molecular flexibility index (Phi) is 6.40. The Morgan fingerprint density at radius 1 is 1.15 bits per heavy atom. The molecule has 80 valence electrons. The zero-order chi connectivity index (χ0) is 10.3. The van der Waals surface area contributed by atoms with Crippen LogP contribution in [0.4, 0.5) is 0 Å². The van der Waals surface area contributed by atoms with E-state index in [9.17, 15) is 0 Å². The molecular formula is C12H27N. The maximum absolute atomic E-state index is 5.61. The summed E-state index contributed by atoms with van der Waals surface area (Å²) in [5.74, 6) is 0.842. The Bertz CT molecular complexity index is 116. The second kappa shape index (κ2) is 6.42. The van der Waals surface area contributed by atoms with E-state index in [0.717, 1.165) is 12.5 Å². The van der Waals surface area contributed by atoms with Crippen LogP contribution in [0.25, 0.3) is 0 Å². The lowest BCUT2D eigenvalue weighted by Gasteiger charge is -2.31. The number of hydrogen-bond donors (Lipinski definition) is 1. The highest BCUT2D eigenvalue weighted by Crippen LogP contribution is 2.35. The molecule has 0 heterocycles. The Morgan fingerprint density at radius 3 is 2.00 bits per heavy atom. The van der Waals surface area contributed by atoms with Crippen LogP contribution in [0.5, 0.6) is 0 Å². The lowest BCUT2D eigenvalue weighted by Crippen LogP contribution is -2.20. The summed E-state index contributed by atoms with van der Waals surface area (Å²) < 4.78 is 0. The molecule has 1 unspecified atom stereocenters. The van der Waals surface area contributed by atoms with E-state index in [-0.39, 0.29) is 0 Å². The third-order valence-corrected chi connectivity index (χ3v) is 3.64. The predicted molar refractivity (Wildman–Crippen MR) is 60.8 cm³/mol. The molecule has 0 amide bonds. The average Bonchev–Trinajstić information content (AvgIpc) is 2.17. The summed E-state index contributed by atoms with van der Waals surface area (Å²) in [5, 5.41) is 0. The largest absolute Gasteiger partial charge is 0.330 e. The molecule has 0 aromatic carbocycles. The molecule has 0 aliphatic rings. The van der Waals surface area contributed by atoms with Crippen molar-refractivity contribution in [3.8, 4) is 0 Å². The van der Waals surface area contributed by atoms with Crippen molar-refractivity contribution in [2.75, 3.05) is 6.54 Å². The molecule has 13 heavy (non-hydrogen) atoms. The van der Waals surface area contributed by atoms with Crippen LogP contribution in [-0.4, -0.2) is 6.54 Å². The number of hydrogen-bond acceptors (Lipinski definition) is 1. The maximum Gasteiger partial charge on any atom is -0.00746 e. The summed E-state index contributed by atoms with van der Waals surface area (Å²) in [4.78, 5) is 0. The van der Waals surface area contributed by atoms with Crippen LogP contribution in [0.3, 0.4) is 0 Å². The molecule has 0 bridgehead atoms. The molecule has 0 saturated carbocycles. The standard InChI is InChI=1S/C12H27N/c1-5-11(8-9-13)10-12(4,6-2)7-3/h11H,5-10,13H2,1-4H3. The Morgan fingerprint density at radius 2 is 1.69 bits per heavy atom.